The molecule has 28 heavy (non-hydrogen) atoms. The summed E-state index contributed by atoms with van der Waals surface area (Å²) in [7, 11) is 0. The molecule has 0 fully saturated rings. The predicted octanol–water partition coefficient (Wildman–Crippen LogP) is 4.47. The van der Waals surface area contributed by atoms with Crippen LogP contribution in [0.5, 0.6) is 0 Å². The number of nitrogens with zero attached hydrogens (tertiary/aromatic N) is 1. The molecule has 0 unspecified atom stereocenters. The maximum atomic E-state index is 12.6. The first-order valence-electron chi connectivity index (χ1n) is 9.69. The molecule has 3 rings (SSSR count). The molecule has 1 N–H and O–H groups in total. The maximum absolute atomic E-state index is 12.6. The van der Waals surface area contributed by atoms with Crippen molar-refractivity contribution in [2.75, 3.05) is 18.5 Å². The highest BCUT2D eigenvalue weighted by Gasteiger charge is 2.31. The molecule has 0 bridgehead atoms. The van der Waals surface area contributed by atoms with Crippen LogP contribution in [0, 0.1) is 5.41 Å². The number of carbonyl (C=O) groups excluding carboxylic acids is 2. The van der Waals surface area contributed by atoms with Crippen LogP contribution in [0.3, 0.4) is 0 Å². The Labute approximate surface area is 170 Å². The fraction of sp³-hybridized carbons (Fsp3) is 0.455. The Kier molecular flexibility index (Phi) is 6.20. The lowest BCUT2D eigenvalue weighted by Crippen LogP contribution is -2.30. The number of hydrogen-bond donors (Lipinski definition) is 1. The van der Waals surface area contributed by atoms with E-state index in [1.54, 1.807) is 6.92 Å². The van der Waals surface area contributed by atoms with Crippen LogP contribution >= 0.6 is 11.3 Å². The Hall–Kier alpha value is -2.18. The van der Waals surface area contributed by atoms with Crippen LogP contribution < -0.4 is 5.32 Å². The van der Waals surface area contributed by atoms with Gasteiger partial charge in [-0.05, 0) is 24.5 Å². The van der Waals surface area contributed by atoms with E-state index in [0.29, 0.717) is 17.2 Å². The zero-order valence-corrected chi connectivity index (χ0v) is 17.8. The zero-order valence-electron chi connectivity index (χ0n) is 17.0. The molecule has 1 aliphatic rings. The number of benzene rings is 1. The van der Waals surface area contributed by atoms with E-state index in [1.807, 2.05) is 26.8 Å². The minimum atomic E-state index is -0.532. The Morgan fingerprint density at radius 1 is 1.21 bits per heavy atom. The molecule has 0 radical (unpaired) electrons. The SMILES string of the molecule is CCOC(=O)c1c(NC(=O)C(C)(C)C)sc2c1CCN(Cc1ccccc1)C2. The van der Waals surface area contributed by atoms with E-state index in [4.69, 9.17) is 4.74 Å². The number of thiophene rings is 1. The van der Waals surface area contributed by atoms with Crippen molar-refractivity contribution in [2.45, 2.75) is 47.2 Å². The number of nitrogens with one attached hydrogen (secondary N) is 1. The number of rotatable bonds is 5. The molecular weight excluding hydrogens is 372 g/mol. The fourth-order valence-electron chi connectivity index (χ4n) is 3.23. The lowest BCUT2D eigenvalue weighted by atomic mass is 9.95. The first kappa shape index (κ1) is 20.6. The summed E-state index contributed by atoms with van der Waals surface area (Å²) in [5.41, 5.74) is 2.31. The van der Waals surface area contributed by atoms with Gasteiger partial charge in [-0.1, -0.05) is 51.1 Å². The van der Waals surface area contributed by atoms with Gasteiger partial charge in [0, 0.05) is 29.9 Å². The van der Waals surface area contributed by atoms with Crippen LogP contribution in [0.1, 0.15) is 54.1 Å². The van der Waals surface area contributed by atoms with Crippen LogP contribution in [0.25, 0.3) is 0 Å². The van der Waals surface area contributed by atoms with Gasteiger partial charge in [0.1, 0.15) is 5.00 Å². The second kappa shape index (κ2) is 8.45. The van der Waals surface area contributed by atoms with Crippen molar-refractivity contribution in [3.8, 4) is 0 Å². The lowest BCUT2D eigenvalue weighted by Gasteiger charge is -2.27. The van der Waals surface area contributed by atoms with Crippen molar-refractivity contribution >= 4 is 28.2 Å². The van der Waals surface area contributed by atoms with Gasteiger partial charge in [-0.3, -0.25) is 9.69 Å². The number of esters is 1. The van der Waals surface area contributed by atoms with Crippen molar-refractivity contribution in [3.63, 3.8) is 0 Å². The van der Waals surface area contributed by atoms with E-state index in [2.05, 4.69) is 34.5 Å². The maximum Gasteiger partial charge on any atom is 0.341 e. The van der Waals surface area contributed by atoms with E-state index in [1.165, 1.54) is 16.9 Å². The Morgan fingerprint density at radius 2 is 1.93 bits per heavy atom. The molecule has 150 valence electrons. The van der Waals surface area contributed by atoms with E-state index >= 15 is 0 Å². The summed E-state index contributed by atoms with van der Waals surface area (Å²) in [6.07, 6.45) is 0.776. The molecule has 1 amide bonds. The third-order valence-electron chi connectivity index (χ3n) is 4.77. The minimum Gasteiger partial charge on any atom is -0.462 e. The molecule has 1 aliphatic heterocycles. The number of ether oxygens (including phenoxy) is 1. The normalized spacial score (nSPS) is 14.4. The summed E-state index contributed by atoms with van der Waals surface area (Å²) in [6, 6.07) is 10.4. The molecule has 1 aromatic carbocycles. The molecule has 1 aromatic heterocycles. The second-order valence-electron chi connectivity index (χ2n) is 8.08. The van der Waals surface area contributed by atoms with Gasteiger partial charge in [0.25, 0.3) is 0 Å². The highest BCUT2D eigenvalue weighted by Crippen LogP contribution is 2.38. The van der Waals surface area contributed by atoms with Crippen LogP contribution in [0.2, 0.25) is 0 Å². The highest BCUT2D eigenvalue weighted by atomic mass is 32.1. The molecular formula is C22H28N2O3S. The van der Waals surface area contributed by atoms with E-state index in [0.717, 1.165) is 36.5 Å². The van der Waals surface area contributed by atoms with E-state index < -0.39 is 5.41 Å². The molecule has 0 atom stereocenters. The molecule has 6 heteroatoms. The Morgan fingerprint density at radius 3 is 2.57 bits per heavy atom. The Bertz CT molecular complexity index is 853. The van der Waals surface area contributed by atoms with Gasteiger partial charge < -0.3 is 10.1 Å². The molecule has 2 heterocycles. The molecule has 2 aromatic rings. The van der Waals surface area contributed by atoms with Gasteiger partial charge in [-0.15, -0.1) is 11.3 Å². The number of carbonyl (C=O) groups is 2. The van der Waals surface area contributed by atoms with Gasteiger partial charge in [-0.25, -0.2) is 4.79 Å². The van der Waals surface area contributed by atoms with Crippen molar-refractivity contribution in [2.24, 2.45) is 5.41 Å². The monoisotopic (exact) mass is 400 g/mol. The van der Waals surface area contributed by atoms with Gasteiger partial charge >= 0.3 is 5.97 Å². The van der Waals surface area contributed by atoms with Crippen molar-refractivity contribution < 1.29 is 14.3 Å². The second-order valence-corrected chi connectivity index (χ2v) is 9.18. The van der Waals surface area contributed by atoms with Crippen LogP contribution in [0.15, 0.2) is 30.3 Å². The number of amides is 1. The molecule has 0 saturated carbocycles. The van der Waals surface area contributed by atoms with Gasteiger partial charge in [0.05, 0.1) is 12.2 Å². The first-order chi connectivity index (χ1) is 13.3. The largest absolute Gasteiger partial charge is 0.462 e. The molecule has 0 saturated heterocycles. The highest BCUT2D eigenvalue weighted by molar-refractivity contribution is 7.17. The summed E-state index contributed by atoms with van der Waals surface area (Å²) in [6.45, 7) is 10.2. The molecule has 5 nitrogen and oxygen atoms in total. The van der Waals surface area contributed by atoms with Gasteiger partial charge in [0.15, 0.2) is 0 Å². The average Bonchev–Trinajstić information content (AvgIpc) is 2.99. The van der Waals surface area contributed by atoms with Crippen molar-refractivity contribution in [3.05, 3.63) is 51.9 Å². The van der Waals surface area contributed by atoms with E-state index in [-0.39, 0.29) is 11.9 Å². The number of fused-ring (bicyclic) bond motifs is 1. The van der Waals surface area contributed by atoms with Gasteiger partial charge in [0.2, 0.25) is 5.91 Å². The third kappa shape index (κ3) is 4.62. The summed E-state index contributed by atoms with van der Waals surface area (Å²) >= 11 is 1.50. The van der Waals surface area contributed by atoms with Crippen LogP contribution in [-0.2, 0) is 29.0 Å². The van der Waals surface area contributed by atoms with E-state index in [9.17, 15) is 9.59 Å². The van der Waals surface area contributed by atoms with Crippen molar-refractivity contribution in [1.29, 1.82) is 0 Å². The molecule has 0 spiro atoms. The van der Waals surface area contributed by atoms with Crippen LogP contribution in [0.4, 0.5) is 5.00 Å². The van der Waals surface area contributed by atoms with Crippen LogP contribution in [-0.4, -0.2) is 29.9 Å². The Balaban J connectivity index is 1.86. The smallest absolute Gasteiger partial charge is 0.341 e. The van der Waals surface area contributed by atoms with Gasteiger partial charge in [-0.2, -0.15) is 0 Å². The number of hydrogen-bond acceptors (Lipinski definition) is 5. The average molecular weight is 401 g/mol. The quantitative estimate of drug-likeness (QED) is 0.753. The lowest BCUT2D eigenvalue weighted by molar-refractivity contribution is -0.123. The molecule has 0 aliphatic carbocycles. The summed E-state index contributed by atoms with van der Waals surface area (Å²) < 4.78 is 5.29. The summed E-state index contributed by atoms with van der Waals surface area (Å²) in [4.78, 5) is 28.6. The summed E-state index contributed by atoms with van der Waals surface area (Å²) in [5.74, 6) is -0.446. The zero-order chi connectivity index (χ0) is 20.3. The first-order valence-corrected chi connectivity index (χ1v) is 10.5. The topological polar surface area (TPSA) is 58.6 Å². The third-order valence-corrected chi connectivity index (χ3v) is 5.90. The predicted molar refractivity (Wildman–Crippen MR) is 113 cm³/mol. The standard InChI is InChI=1S/C22H28N2O3S/c1-5-27-20(25)18-16-11-12-24(13-15-9-7-6-8-10-15)14-17(16)28-19(18)23-21(26)22(2,3)4/h6-10H,5,11-14H2,1-4H3,(H,23,26). The number of anilines is 1. The fourth-order valence-corrected chi connectivity index (χ4v) is 4.50. The minimum absolute atomic E-state index is 0.0993. The summed E-state index contributed by atoms with van der Waals surface area (Å²) in [5, 5.41) is 3.59. The van der Waals surface area contributed by atoms with Crippen molar-refractivity contribution in [1.82, 2.24) is 4.90 Å².